The Labute approximate surface area is 128 Å². The quantitative estimate of drug-likeness (QED) is 0.571. The van der Waals surface area contributed by atoms with Crippen LogP contribution in [0.2, 0.25) is 0 Å². The molecule has 0 heterocycles. The van der Waals surface area contributed by atoms with Crippen molar-refractivity contribution in [2.24, 2.45) is 11.8 Å². The molecular formula is C17H28N2O2. The summed E-state index contributed by atoms with van der Waals surface area (Å²) in [5, 5.41) is 0. The zero-order valence-corrected chi connectivity index (χ0v) is 13.3. The molecule has 1 fully saturated rings. The molecular weight excluding hydrogens is 264 g/mol. The molecule has 1 aliphatic rings. The van der Waals surface area contributed by atoms with Crippen LogP contribution in [-0.2, 0) is 4.74 Å². The maximum atomic E-state index is 5.76. The van der Waals surface area contributed by atoms with E-state index >= 15 is 0 Å². The minimum Gasteiger partial charge on any atom is -0.491 e. The molecule has 1 atom stereocenters. The minimum absolute atomic E-state index is 0.174. The molecule has 0 amide bonds. The number of hydrogen-bond acceptors (Lipinski definition) is 4. The van der Waals surface area contributed by atoms with Crippen molar-refractivity contribution in [1.29, 1.82) is 0 Å². The largest absolute Gasteiger partial charge is 0.491 e. The fourth-order valence-corrected chi connectivity index (χ4v) is 2.95. The van der Waals surface area contributed by atoms with Crippen LogP contribution >= 0.6 is 0 Å². The average molecular weight is 292 g/mol. The maximum Gasteiger partial charge on any atom is 0.120 e. The van der Waals surface area contributed by atoms with E-state index in [1.807, 2.05) is 26.0 Å². The van der Waals surface area contributed by atoms with Crippen molar-refractivity contribution >= 4 is 0 Å². The van der Waals surface area contributed by atoms with E-state index < -0.39 is 0 Å². The smallest absolute Gasteiger partial charge is 0.120 e. The fraction of sp³-hybridized carbons (Fsp3) is 0.647. The monoisotopic (exact) mass is 292 g/mol. The van der Waals surface area contributed by atoms with Gasteiger partial charge >= 0.3 is 0 Å². The van der Waals surface area contributed by atoms with E-state index in [1.165, 1.54) is 5.56 Å². The molecule has 118 valence electrons. The Hall–Kier alpha value is -1.10. The summed E-state index contributed by atoms with van der Waals surface area (Å²) in [6, 6.07) is 8.39. The first-order valence-electron chi connectivity index (χ1n) is 7.96. The Bertz CT molecular complexity index is 431. The molecule has 0 aromatic heterocycles. The molecule has 0 aliphatic heterocycles. The highest BCUT2D eigenvalue weighted by Gasteiger charge is 2.31. The van der Waals surface area contributed by atoms with Crippen LogP contribution in [0, 0.1) is 5.92 Å². The number of benzene rings is 1. The standard InChI is InChI=1S/C17H28N2O2/c1-4-20-16-8-13(9-16)10-17(19-18)14-6-5-7-15(11-14)21-12(2)3/h5-7,11-13,16-17,19H,4,8-10,18H2,1-3H3. The highest BCUT2D eigenvalue weighted by atomic mass is 16.5. The number of ether oxygens (including phenoxy) is 2. The van der Waals surface area contributed by atoms with E-state index in [2.05, 4.69) is 24.5 Å². The molecule has 4 nitrogen and oxygen atoms in total. The summed E-state index contributed by atoms with van der Waals surface area (Å²) in [4.78, 5) is 0. The molecule has 1 aliphatic carbocycles. The lowest BCUT2D eigenvalue weighted by Gasteiger charge is -2.37. The Balaban J connectivity index is 1.92. The number of rotatable bonds is 8. The summed E-state index contributed by atoms with van der Waals surface area (Å²) < 4.78 is 11.4. The Morgan fingerprint density at radius 3 is 2.71 bits per heavy atom. The molecule has 1 unspecified atom stereocenters. The van der Waals surface area contributed by atoms with Crippen molar-refractivity contribution in [1.82, 2.24) is 5.43 Å². The highest BCUT2D eigenvalue weighted by Crippen LogP contribution is 2.37. The van der Waals surface area contributed by atoms with Crippen molar-refractivity contribution in [3.63, 3.8) is 0 Å². The molecule has 3 N–H and O–H groups in total. The normalized spacial score (nSPS) is 22.9. The second-order valence-electron chi connectivity index (χ2n) is 6.11. The van der Waals surface area contributed by atoms with E-state index in [-0.39, 0.29) is 12.1 Å². The molecule has 1 saturated carbocycles. The van der Waals surface area contributed by atoms with Gasteiger partial charge in [0.25, 0.3) is 0 Å². The third kappa shape index (κ3) is 4.70. The zero-order chi connectivity index (χ0) is 15.2. The van der Waals surface area contributed by atoms with Crippen LogP contribution in [0.5, 0.6) is 5.75 Å². The molecule has 2 rings (SSSR count). The first kappa shape index (κ1) is 16.3. The first-order valence-corrected chi connectivity index (χ1v) is 7.96. The summed E-state index contributed by atoms with van der Waals surface area (Å²) in [5.41, 5.74) is 4.14. The van der Waals surface area contributed by atoms with Gasteiger partial charge in [-0.1, -0.05) is 12.1 Å². The first-order chi connectivity index (χ1) is 10.1. The molecule has 0 saturated heterocycles. The molecule has 21 heavy (non-hydrogen) atoms. The predicted octanol–water partition coefficient (Wildman–Crippen LogP) is 3.18. The van der Waals surface area contributed by atoms with E-state index in [0.29, 0.717) is 12.0 Å². The number of hydrogen-bond donors (Lipinski definition) is 2. The minimum atomic E-state index is 0.174. The third-order valence-corrected chi connectivity index (χ3v) is 4.00. The van der Waals surface area contributed by atoms with Gasteiger partial charge in [0.15, 0.2) is 0 Å². The number of nitrogens with one attached hydrogen (secondary N) is 1. The van der Waals surface area contributed by atoms with Crippen molar-refractivity contribution in [3.05, 3.63) is 29.8 Å². The summed E-state index contributed by atoms with van der Waals surface area (Å²) >= 11 is 0. The maximum absolute atomic E-state index is 5.76. The van der Waals surface area contributed by atoms with E-state index in [0.717, 1.165) is 31.6 Å². The fourth-order valence-electron chi connectivity index (χ4n) is 2.95. The number of hydrazine groups is 1. The van der Waals surface area contributed by atoms with Gasteiger partial charge in [-0.15, -0.1) is 0 Å². The summed E-state index contributed by atoms with van der Waals surface area (Å²) in [7, 11) is 0. The lowest BCUT2D eigenvalue weighted by Crippen LogP contribution is -2.36. The van der Waals surface area contributed by atoms with Gasteiger partial charge < -0.3 is 9.47 Å². The molecule has 1 aromatic carbocycles. The van der Waals surface area contributed by atoms with Crippen LogP contribution in [0.25, 0.3) is 0 Å². The Kier molecular flexibility index (Phi) is 6.03. The zero-order valence-electron chi connectivity index (χ0n) is 13.3. The van der Waals surface area contributed by atoms with Crippen LogP contribution < -0.4 is 16.0 Å². The van der Waals surface area contributed by atoms with Gasteiger partial charge in [0.2, 0.25) is 0 Å². The lowest BCUT2D eigenvalue weighted by atomic mass is 9.77. The second kappa shape index (κ2) is 7.78. The average Bonchev–Trinajstić information content (AvgIpc) is 2.41. The van der Waals surface area contributed by atoms with Gasteiger partial charge in [-0.2, -0.15) is 0 Å². The number of nitrogens with two attached hydrogens (primary N) is 1. The van der Waals surface area contributed by atoms with Crippen molar-refractivity contribution < 1.29 is 9.47 Å². The van der Waals surface area contributed by atoms with E-state index in [4.69, 9.17) is 15.3 Å². The van der Waals surface area contributed by atoms with Gasteiger partial charge in [0.05, 0.1) is 12.2 Å². The van der Waals surface area contributed by atoms with Gasteiger partial charge in [0, 0.05) is 12.6 Å². The van der Waals surface area contributed by atoms with Gasteiger partial charge in [-0.25, -0.2) is 0 Å². The van der Waals surface area contributed by atoms with Crippen LogP contribution in [0.1, 0.15) is 51.6 Å². The van der Waals surface area contributed by atoms with Crippen molar-refractivity contribution in [2.75, 3.05) is 6.61 Å². The van der Waals surface area contributed by atoms with Crippen LogP contribution in [0.4, 0.5) is 0 Å². The molecule has 0 bridgehead atoms. The van der Waals surface area contributed by atoms with Crippen molar-refractivity contribution in [3.8, 4) is 5.75 Å². The highest BCUT2D eigenvalue weighted by molar-refractivity contribution is 5.30. The summed E-state index contributed by atoms with van der Waals surface area (Å²) in [6.07, 6.45) is 3.98. The summed E-state index contributed by atoms with van der Waals surface area (Å²) in [6.45, 7) is 6.93. The Morgan fingerprint density at radius 1 is 1.33 bits per heavy atom. The van der Waals surface area contributed by atoms with Gasteiger partial charge in [-0.3, -0.25) is 11.3 Å². The van der Waals surface area contributed by atoms with Crippen LogP contribution in [-0.4, -0.2) is 18.8 Å². The predicted molar refractivity (Wildman–Crippen MR) is 85.0 cm³/mol. The molecule has 4 heteroatoms. The van der Waals surface area contributed by atoms with Crippen molar-refractivity contribution in [2.45, 2.75) is 58.3 Å². The van der Waals surface area contributed by atoms with E-state index in [1.54, 1.807) is 0 Å². The molecule has 0 radical (unpaired) electrons. The summed E-state index contributed by atoms with van der Waals surface area (Å²) in [5.74, 6) is 7.35. The van der Waals surface area contributed by atoms with Gasteiger partial charge in [-0.05, 0) is 63.6 Å². The molecule has 0 spiro atoms. The lowest BCUT2D eigenvalue weighted by molar-refractivity contribution is -0.0291. The van der Waals surface area contributed by atoms with Gasteiger partial charge in [0.1, 0.15) is 5.75 Å². The van der Waals surface area contributed by atoms with E-state index in [9.17, 15) is 0 Å². The SMILES string of the molecule is CCOC1CC(CC(NN)c2cccc(OC(C)C)c2)C1. The molecule has 1 aromatic rings. The van der Waals surface area contributed by atoms with Crippen LogP contribution in [0.15, 0.2) is 24.3 Å². The third-order valence-electron chi connectivity index (χ3n) is 4.00. The van der Waals surface area contributed by atoms with Crippen LogP contribution in [0.3, 0.4) is 0 Å². The second-order valence-corrected chi connectivity index (χ2v) is 6.11. The Morgan fingerprint density at radius 2 is 2.10 bits per heavy atom. The topological polar surface area (TPSA) is 56.5 Å².